The lowest BCUT2D eigenvalue weighted by atomic mass is 10.3. The van der Waals surface area contributed by atoms with E-state index in [4.69, 9.17) is 0 Å². The van der Waals surface area contributed by atoms with Crippen LogP contribution in [0.2, 0.25) is 0 Å². The standard InChI is InChI=1S/C10H14O5/c1-3-9(12)14-6-4-5-7-15-10(13)8(2)11/h3H,1,4-7H2,2H3. The number of carbonyl (C=O) groups is 3. The van der Waals surface area contributed by atoms with Gasteiger partial charge in [0.1, 0.15) is 0 Å². The maximum atomic E-state index is 10.7. The van der Waals surface area contributed by atoms with Gasteiger partial charge in [0.15, 0.2) is 0 Å². The molecule has 15 heavy (non-hydrogen) atoms. The first-order chi connectivity index (χ1) is 7.07. The lowest BCUT2D eigenvalue weighted by molar-refractivity contribution is -0.153. The molecule has 5 nitrogen and oxygen atoms in total. The number of rotatable bonds is 7. The average molecular weight is 214 g/mol. The summed E-state index contributed by atoms with van der Waals surface area (Å²) in [5.41, 5.74) is 0. The van der Waals surface area contributed by atoms with Crippen LogP contribution >= 0.6 is 0 Å². The van der Waals surface area contributed by atoms with Crippen LogP contribution in [-0.4, -0.2) is 30.9 Å². The van der Waals surface area contributed by atoms with Gasteiger partial charge in [-0.3, -0.25) is 4.79 Å². The summed E-state index contributed by atoms with van der Waals surface area (Å²) >= 11 is 0. The highest BCUT2D eigenvalue weighted by atomic mass is 16.5. The van der Waals surface area contributed by atoms with E-state index < -0.39 is 17.7 Å². The first-order valence-corrected chi connectivity index (χ1v) is 4.54. The zero-order valence-corrected chi connectivity index (χ0v) is 8.65. The number of hydrogen-bond acceptors (Lipinski definition) is 5. The molecule has 0 aliphatic rings. The summed E-state index contributed by atoms with van der Waals surface area (Å²) in [6.07, 6.45) is 2.20. The van der Waals surface area contributed by atoms with Gasteiger partial charge in [-0.25, -0.2) is 9.59 Å². The topological polar surface area (TPSA) is 69.7 Å². The normalized spacial score (nSPS) is 9.13. The summed E-state index contributed by atoms with van der Waals surface area (Å²) in [5.74, 6) is -1.93. The van der Waals surface area contributed by atoms with Gasteiger partial charge < -0.3 is 9.47 Å². The second kappa shape index (κ2) is 7.73. The van der Waals surface area contributed by atoms with Crippen molar-refractivity contribution in [3.8, 4) is 0 Å². The number of esters is 2. The molecule has 0 rings (SSSR count). The van der Waals surface area contributed by atoms with Crippen molar-refractivity contribution in [3.63, 3.8) is 0 Å². The molecule has 0 radical (unpaired) electrons. The van der Waals surface area contributed by atoms with E-state index in [9.17, 15) is 14.4 Å². The van der Waals surface area contributed by atoms with Gasteiger partial charge in [0, 0.05) is 13.0 Å². The highest BCUT2D eigenvalue weighted by Gasteiger charge is 2.07. The van der Waals surface area contributed by atoms with Crippen LogP contribution < -0.4 is 0 Å². The summed E-state index contributed by atoms with van der Waals surface area (Å²) in [5, 5.41) is 0. The third-order valence-corrected chi connectivity index (χ3v) is 1.47. The molecule has 0 spiro atoms. The Labute approximate surface area is 88.0 Å². The smallest absolute Gasteiger partial charge is 0.374 e. The Kier molecular flexibility index (Phi) is 6.88. The molecule has 5 heteroatoms. The number of hydrogen-bond donors (Lipinski definition) is 0. The van der Waals surface area contributed by atoms with Crippen molar-refractivity contribution in [1.29, 1.82) is 0 Å². The van der Waals surface area contributed by atoms with Gasteiger partial charge in [-0.15, -0.1) is 0 Å². The molecule has 0 bridgehead atoms. The molecule has 0 aliphatic heterocycles. The fourth-order valence-electron chi connectivity index (χ4n) is 0.702. The average Bonchev–Trinajstić information content (AvgIpc) is 2.22. The van der Waals surface area contributed by atoms with Crippen LogP contribution in [0.25, 0.3) is 0 Å². The van der Waals surface area contributed by atoms with Crippen LogP contribution in [0.5, 0.6) is 0 Å². The van der Waals surface area contributed by atoms with Crippen molar-refractivity contribution in [1.82, 2.24) is 0 Å². The van der Waals surface area contributed by atoms with E-state index in [-0.39, 0.29) is 13.2 Å². The third-order valence-electron chi connectivity index (χ3n) is 1.47. The summed E-state index contributed by atoms with van der Waals surface area (Å²) in [6, 6.07) is 0. The highest BCUT2D eigenvalue weighted by molar-refractivity contribution is 6.32. The predicted octanol–water partition coefficient (Wildman–Crippen LogP) is 0.628. The Morgan fingerprint density at radius 2 is 1.67 bits per heavy atom. The number of ether oxygens (including phenoxy) is 2. The Morgan fingerprint density at radius 3 is 2.13 bits per heavy atom. The Bertz CT molecular complexity index is 257. The van der Waals surface area contributed by atoms with Crippen LogP contribution in [0.1, 0.15) is 19.8 Å². The van der Waals surface area contributed by atoms with E-state index in [1.165, 1.54) is 0 Å². The molecular formula is C10H14O5. The van der Waals surface area contributed by atoms with Crippen LogP contribution in [-0.2, 0) is 23.9 Å². The minimum Gasteiger partial charge on any atom is -0.463 e. The Balaban J connectivity index is 3.32. The van der Waals surface area contributed by atoms with Gasteiger partial charge in [0.2, 0.25) is 5.78 Å². The van der Waals surface area contributed by atoms with Crippen LogP contribution in [0.3, 0.4) is 0 Å². The zero-order chi connectivity index (χ0) is 11.7. The molecule has 84 valence electrons. The van der Waals surface area contributed by atoms with Crippen molar-refractivity contribution in [2.24, 2.45) is 0 Å². The lowest BCUT2D eigenvalue weighted by Gasteiger charge is -2.02. The van der Waals surface area contributed by atoms with Crippen molar-refractivity contribution in [2.45, 2.75) is 19.8 Å². The third kappa shape index (κ3) is 7.42. The van der Waals surface area contributed by atoms with Gasteiger partial charge in [-0.05, 0) is 12.8 Å². The van der Waals surface area contributed by atoms with Crippen molar-refractivity contribution in [3.05, 3.63) is 12.7 Å². The van der Waals surface area contributed by atoms with Gasteiger partial charge >= 0.3 is 11.9 Å². The van der Waals surface area contributed by atoms with Crippen molar-refractivity contribution < 1.29 is 23.9 Å². The molecule has 0 aromatic carbocycles. The first-order valence-electron chi connectivity index (χ1n) is 4.54. The monoisotopic (exact) mass is 214 g/mol. The van der Waals surface area contributed by atoms with E-state index in [1.807, 2.05) is 0 Å². The fraction of sp³-hybridized carbons (Fsp3) is 0.500. The summed E-state index contributed by atoms with van der Waals surface area (Å²) in [7, 11) is 0. The number of ketones is 1. The highest BCUT2D eigenvalue weighted by Crippen LogP contribution is 1.93. The predicted molar refractivity (Wildman–Crippen MR) is 52.0 cm³/mol. The Hall–Kier alpha value is -1.65. The van der Waals surface area contributed by atoms with Crippen molar-refractivity contribution in [2.75, 3.05) is 13.2 Å². The maximum Gasteiger partial charge on any atom is 0.374 e. The number of unbranched alkanes of at least 4 members (excludes halogenated alkanes) is 1. The fourth-order valence-corrected chi connectivity index (χ4v) is 0.702. The molecule has 0 heterocycles. The van der Waals surface area contributed by atoms with E-state index in [0.29, 0.717) is 12.8 Å². The minimum atomic E-state index is -0.835. The molecule has 0 aromatic rings. The van der Waals surface area contributed by atoms with E-state index in [2.05, 4.69) is 16.1 Å². The van der Waals surface area contributed by atoms with Gasteiger partial charge in [-0.2, -0.15) is 0 Å². The van der Waals surface area contributed by atoms with Crippen LogP contribution in [0.4, 0.5) is 0 Å². The first kappa shape index (κ1) is 13.4. The Morgan fingerprint density at radius 1 is 1.13 bits per heavy atom. The van der Waals surface area contributed by atoms with E-state index >= 15 is 0 Å². The number of Topliss-reactive ketones (excluding diaryl/α,β-unsaturated/α-hetero) is 1. The largest absolute Gasteiger partial charge is 0.463 e. The number of carbonyl (C=O) groups excluding carboxylic acids is 3. The summed E-state index contributed by atoms with van der Waals surface area (Å²) < 4.78 is 9.27. The molecule has 0 aromatic heterocycles. The van der Waals surface area contributed by atoms with Crippen LogP contribution in [0.15, 0.2) is 12.7 Å². The zero-order valence-electron chi connectivity index (χ0n) is 8.65. The van der Waals surface area contributed by atoms with Gasteiger partial charge in [-0.1, -0.05) is 6.58 Å². The van der Waals surface area contributed by atoms with E-state index in [1.54, 1.807) is 0 Å². The second-order valence-corrected chi connectivity index (χ2v) is 2.77. The van der Waals surface area contributed by atoms with E-state index in [0.717, 1.165) is 13.0 Å². The maximum absolute atomic E-state index is 10.7. The lowest BCUT2D eigenvalue weighted by Crippen LogP contribution is -2.14. The molecule has 0 fully saturated rings. The molecule has 0 N–H and O–H groups in total. The SMILES string of the molecule is C=CC(=O)OCCCCOC(=O)C(C)=O. The molecular weight excluding hydrogens is 200 g/mol. The quantitative estimate of drug-likeness (QED) is 0.269. The summed E-state index contributed by atoms with van der Waals surface area (Å²) in [4.78, 5) is 31.7. The summed E-state index contributed by atoms with van der Waals surface area (Å²) in [6.45, 7) is 4.79. The van der Waals surface area contributed by atoms with Gasteiger partial charge in [0.25, 0.3) is 0 Å². The van der Waals surface area contributed by atoms with Crippen LogP contribution in [0, 0.1) is 0 Å². The molecule has 0 saturated heterocycles. The molecule has 0 saturated carbocycles. The van der Waals surface area contributed by atoms with Crippen molar-refractivity contribution >= 4 is 17.7 Å². The molecule has 0 unspecified atom stereocenters. The van der Waals surface area contributed by atoms with Gasteiger partial charge in [0.05, 0.1) is 13.2 Å². The molecule has 0 atom stereocenters. The second-order valence-electron chi connectivity index (χ2n) is 2.77. The molecule has 0 amide bonds. The minimum absolute atomic E-state index is 0.157. The molecule has 0 aliphatic carbocycles.